The Bertz CT molecular complexity index is 674. The molecule has 5 nitrogen and oxygen atoms in total. The minimum Gasteiger partial charge on any atom is -0.387 e. The van der Waals surface area contributed by atoms with Crippen LogP contribution < -0.4 is 5.32 Å². The molecular formula is C15H18F2N4O. The van der Waals surface area contributed by atoms with Crippen molar-refractivity contribution in [2.45, 2.75) is 38.5 Å². The predicted octanol–water partition coefficient (Wildman–Crippen LogP) is 1.50. The van der Waals surface area contributed by atoms with E-state index < -0.39 is 17.7 Å². The van der Waals surface area contributed by atoms with Crippen LogP contribution in [0.3, 0.4) is 0 Å². The Morgan fingerprint density at radius 2 is 2.27 bits per heavy atom. The summed E-state index contributed by atoms with van der Waals surface area (Å²) in [6.45, 7) is 2.74. The van der Waals surface area contributed by atoms with E-state index in [4.69, 9.17) is 0 Å². The topological polar surface area (TPSA) is 63.0 Å². The lowest BCUT2D eigenvalue weighted by Crippen LogP contribution is -2.39. The lowest BCUT2D eigenvalue weighted by atomic mass is 10.1. The monoisotopic (exact) mass is 308 g/mol. The molecule has 2 N–H and O–H groups in total. The first kappa shape index (κ1) is 15.1. The van der Waals surface area contributed by atoms with Crippen LogP contribution in [0.25, 0.3) is 0 Å². The van der Waals surface area contributed by atoms with Gasteiger partial charge in [-0.25, -0.2) is 18.4 Å². The van der Waals surface area contributed by atoms with Gasteiger partial charge >= 0.3 is 0 Å². The summed E-state index contributed by atoms with van der Waals surface area (Å²) >= 11 is 0. The summed E-state index contributed by atoms with van der Waals surface area (Å²) in [6.07, 6.45) is 0.690. The second-order valence-corrected chi connectivity index (χ2v) is 5.58. The minimum atomic E-state index is -1.01. The van der Waals surface area contributed by atoms with Gasteiger partial charge in [-0.3, -0.25) is 0 Å². The number of nitrogens with zero attached hydrogens (tertiary/aromatic N) is 3. The summed E-state index contributed by atoms with van der Waals surface area (Å²) in [7, 11) is 0. The molecule has 1 aliphatic rings. The lowest BCUT2D eigenvalue weighted by molar-refractivity contribution is 0.160. The van der Waals surface area contributed by atoms with Crippen molar-refractivity contribution >= 4 is 0 Å². The zero-order valence-corrected chi connectivity index (χ0v) is 12.3. The van der Waals surface area contributed by atoms with E-state index in [-0.39, 0.29) is 18.2 Å². The molecule has 3 rings (SSSR count). The summed E-state index contributed by atoms with van der Waals surface area (Å²) in [6, 6.07) is 3.35. The molecule has 1 aromatic heterocycles. The van der Waals surface area contributed by atoms with Gasteiger partial charge in [0.1, 0.15) is 23.3 Å². The molecule has 2 aromatic rings. The van der Waals surface area contributed by atoms with Crippen LogP contribution in [0.5, 0.6) is 0 Å². The van der Waals surface area contributed by atoms with Crippen LogP contribution in [0.15, 0.2) is 18.2 Å². The molecule has 2 atom stereocenters. The van der Waals surface area contributed by atoms with Gasteiger partial charge in [-0.1, -0.05) is 6.07 Å². The molecule has 22 heavy (non-hydrogen) atoms. The number of fused-ring (bicyclic) bond motifs is 1. The number of hydrogen-bond acceptors (Lipinski definition) is 4. The van der Waals surface area contributed by atoms with Crippen molar-refractivity contribution in [2.75, 3.05) is 6.54 Å². The van der Waals surface area contributed by atoms with E-state index in [0.717, 1.165) is 36.6 Å². The number of rotatable bonds is 4. The maximum absolute atomic E-state index is 13.6. The van der Waals surface area contributed by atoms with Gasteiger partial charge in [-0.15, -0.1) is 0 Å². The summed E-state index contributed by atoms with van der Waals surface area (Å²) in [5.41, 5.74) is 0.0991. The third-order valence-electron chi connectivity index (χ3n) is 3.89. The highest BCUT2D eigenvalue weighted by Crippen LogP contribution is 2.19. The minimum absolute atomic E-state index is 0.0991. The number of aliphatic hydroxyl groups excluding tert-OH is 1. The van der Waals surface area contributed by atoms with Crippen LogP contribution in [-0.4, -0.2) is 32.5 Å². The molecule has 0 fully saturated rings. The van der Waals surface area contributed by atoms with Gasteiger partial charge in [-0.2, -0.15) is 5.10 Å². The Balaban J connectivity index is 1.59. The SMILES string of the molecule is Cc1nc2n(n1)C[C@@H](NC[C@H](O)c1ccc(F)cc1F)CC2. The first-order valence-electron chi connectivity index (χ1n) is 7.29. The highest BCUT2D eigenvalue weighted by Gasteiger charge is 2.22. The number of aliphatic hydroxyl groups is 1. The molecule has 0 bridgehead atoms. The third kappa shape index (κ3) is 3.15. The third-order valence-corrected chi connectivity index (χ3v) is 3.89. The Kier molecular flexibility index (Phi) is 4.17. The normalized spacial score (nSPS) is 19.0. The molecule has 118 valence electrons. The fraction of sp³-hybridized carbons (Fsp3) is 0.467. The van der Waals surface area contributed by atoms with E-state index in [0.29, 0.717) is 6.54 Å². The highest BCUT2D eigenvalue weighted by atomic mass is 19.1. The van der Waals surface area contributed by atoms with Crippen LogP contribution in [0, 0.1) is 18.6 Å². The summed E-state index contributed by atoms with van der Waals surface area (Å²) in [5.74, 6) is 0.347. The highest BCUT2D eigenvalue weighted by molar-refractivity contribution is 5.21. The van der Waals surface area contributed by atoms with E-state index in [1.165, 1.54) is 6.07 Å². The molecule has 1 aliphatic heterocycles. The van der Waals surface area contributed by atoms with Crippen LogP contribution >= 0.6 is 0 Å². The summed E-state index contributed by atoms with van der Waals surface area (Å²) < 4.78 is 28.4. The Hall–Kier alpha value is -1.86. The second kappa shape index (κ2) is 6.10. The van der Waals surface area contributed by atoms with E-state index in [1.807, 2.05) is 11.6 Å². The molecule has 7 heteroatoms. The first-order valence-corrected chi connectivity index (χ1v) is 7.29. The van der Waals surface area contributed by atoms with E-state index in [1.54, 1.807) is 0 Å². The predicted molar refractivity (Wildman–Crippen MR) is 76.2 cm³/mol. The molecule has 0 saturated heterocycles. The molecule has 0 saturated carbocycles. The van der Waals surface area contributed by atoms with Crippen molar-refractivity contribution < 1.29 is 13.9 Å². The number of hydrogen-bond donors (Lipinski definition) is 2. The molecule has 2 heterocycles. The van der Waals surface area contributed by atoms with Crippen molar-refractivity contribution in [1.82, 2.24) is 20.1 Å². The lowest BCUT2D eigenvalue weighted by Gasteiger charge is -2.25. The first-order chi connectivity index (χ1) is 10.5. The summed E-state index contributed by atoms with van der Waals surface area (Å²) in [5, 5.41) is 17.6. The van der Waals surface area contributed by atoms with E-state index in [9.17, 15) is 13.9 Å². The quantitative estimate of drug-likeness (QED) is 0.898. The van der Waals surface area contributed by atoms with Crippen LogP contribution in [-0.2, 0) is 13.0 Å². The molecule has 0 spiro atoms. The maximum atomic E-state index is 13.6. The van der Waals surface area contributed by atoms with Gasteiger partial charge < -0.3 is 10.4 Å². The average molecular weight is 308 g/mol. The Morgan fingerprint density at radius 3 is 3.05 bits per heavy atom. The van der Waals surface area contributed by atoms with Crippen molar-refractivity contribution in [2.24, 2.45) is 0 Å². The number of aryl methyl sites for hydroxylation is 2. The average Bonchev–Trinajstić information content (AvgIpc) is 2.84. The van der Waals surface area contributed by atoms with Gasteiger partial charge in [0.05, 0.1) is 12.6 Å². The molecule has 0 amide bonds. The zero-order valence-electron chi connectivity index (χ0n) is 12.3. The van der Waals surface area contributed by atoms with Gasteiger partial charge in [0, 0.05) is 30.6 Å². The number of nitrogens with one attached hydrogen (secondary N) is 1. The zero-order chi connectivity index (χ0) is 15.7. The number of aromatic nitrogens is 3. The van der Waals surface area contributed by atoms with Crippen molar-refractivity contribution in [3.8, 4) is 0 Å². The number of halogens is 2. The van der Waals surface area contributed by atoms with Crippen LogP contribution in [0.1, 0.15) is 29.7 Å². The maximum Gasteiger partial charge on any atom is 0.147 e. The molecule has 1 aromatic carbocycles. The van der Waals surface area contributed by atoms with Crippen LogP contribution in [0.4, 0.5) is 8.78 Å². The van der Waals surface area contributed by atoms with Crippen LogP contribution in [0.2, 0.25) is 0 Å². The second-order valence-electron chi connectivity index (χ2n) is 5.58. The largest absolute Gasteiger partial charge is 0.387 e. The molecule has 0 aliphatic carbocycles. The van der Waals surface area contributed by atoms with E-state index >= 15 is 0 Å². The van der Waals surface area contributed by atoms with E-state index in [2.05, 4.69) is 15.4 Å². The van der Waals surface area contributed by atoms with Crippen molar-refractivity contribution in [3.05, 3.63) is 47.0 Å². The van der Waals surface area contributed by atoms with Crippen molar-refractivity contribution in [1.29, 1.82) is 0 Å². The number of benzene rings is 1. The smallest absolute Gasteiger partial charge is 0.147 e. The Morgan fingerprint density at radius 1 is 1.45 bits per heavy atom. The fourth-order valence-electron chi connectivity index (χ4n) is 2.76. The van der Waals surface area contributed by atoms with Gasteiger partial charge in [0.25, 0.3) is 0 Å². The van der Waals surface area contributed by atoms with Gasteiger partial charge in [0.15, 0.2) is 0 Å². The molecular weight excluding hydrogens is 290 g/mol. The standard InChI is InChI=1S/C15H18F2N4O/c1-9-19-15-5-3-11(8-21(15)20-9)18-7-14(22)12-4-2-10(16)6-13(12)17/h2,4,6,11,14,18,22H,3,5,7-8H2,1H3/t11-,14-/m0/s1. The van der Waals surface area contributed by atoms with Gasteiger partial charge in [0.2, 0.25) is 0 Å². The fourth-order valence-corrected chi connectivity index (χ4v) is 2.76. The van der Waals surface area contributed by atoms with Gasteiger partial charge in [-0.05, 0) is 19.4 Å². The summed E-state index contributed by atoms with van der Waals surface area (Å²) in [4.78, 5) is 4.34. The Labute approximate surface area is 127 Å². The van der Waals surface area contributed by atoms with Crippen molar-refractivity contribution in [3.63, 3.8) is 0 Å². The molecule has 0 unspecified atom stereocenters. The molecule has 0 radical (unpaired) electrons.